The normalized spacial score (nSPS) is 13.0. The van der Waals surface area contributed by atoms with Crippen LogP contribution >= 0.6 is 11.3 Å². The average Bonchev–Trinajstić information content (AvgIpc) is 3.33. The van der Waals surface area contributed by atoms with Gasteiger partial charge in [0.1, 0.15) is 0 Å². The molecule has 0 atom stereocenters. The molecule has 0 unspecified atom stereocenters. The Morgan fingerprint density at radius 2 is 2.00 bits per heavy atom. The molecule has 28 heavy (non-hydrogen) atoms. The number of hydrogen-bond acceptors (Lipinski definition) is 4. The third-order valence-corrected chi connectivity index (χ3v) is 5.37. The predicted octanol–water partition coefficient (Wildman–Crippen LogP) is 4.37. The number of nitrogens with one attached hydrogen (secondary N) is 1. The molecule has 2 amide bonds. The number of amides is 2. The lowest BCUT2D eigenvalue weighted by molar-refractivity contribution is -0.116. The van der Waals surface area contributed by atoms with Gasteiger partial charge in [-0.3, -0.25) is 14.9 Å². The van der Waals surface area contributed by atoms with E-state index < -0.39 is 0 Å². The van der Waals surface area contributed by atoms with E-state index in [4.69, 9.17) is 0 Å². The van der Waals surface area contributed by atoms with Gasteiger partial charge in [0, 0.05) is 36.2 Å². The van der Waals surface area contributed by atoms with E-state index in [1.165, 1.54) is 17.4 Å². The minimum absolute atomic E-state index is 0.0636. The molecule has 0 bridgehead atoms. The molecular formula is C22H19N3O2S. The second-order valence-corrected chi connectivity index (χ2v) is 7.39. The summed E-state index contributed by atoms with van der Waals surface area (Å²) < 4.78 is 0. The summed E-state index contributed by atoms with van der Waals surface area (Å²) >= 11 is 1.39. The number of hydrogen-bond donors (Lipinski definition) is 1. The lowest BCUT2D eigenvalue weighted by atomic mass is 10.1. The molecule has 1 aliphatic heterocycles. The fourth-order valence-corrected chi connectivity index (χ4v) is 3.96. The summed E-state index contributed by atoms with van der Waals surface area (Å²) in [5, 5.41) is 5.29. The third kappa shape index (κ3) is 3.87. The molecule has 0 saturated heterocycles. The van der Waals surface area contributed by atoms with Gasteiger partial charge in [-0.15, -0.1) is 11.3 Å². The smallest absolute Gasteiger partial charge is 0.250 e. The summed E-state index contributed by atoms with van der Waals surface area (Å²) in [6.07, 6.45) is 4.12. The monoisotopic (exact) mass is 389 g/mol. The maximum atomic E-state index is 12.1. The predicted molar refractivity (Wildman–Crippen MR) is 113 cm³/mol. The number of rotatable bonds is 4. The fraction of sp³-hybridized carbons (Fsp3) is 0.136. The first kappa shape index (κ1) is 18.1. The Morgan fingerprint density at radius 1 is 1.18 bits per heavy atom. The van der Waals surface area contributed by atoms with Crippen LogP contribution in [-0.4, -0.2) is 23.3 Å². The molecule has 4 rings (SSSR count). The third-order valence-electron chi connectivity index (χ3n) is 4.61. The van der Waals surface area contributed by atoms with E-state index >= 15 is 0 Å². The molecule has 0 radical (unpaired) electrons. The lowest BCUT2D eigenvalue weighted by Crippen LogP contribution is -2.25. The quantitative estimate of drug-likeness (QED) is 0.674. The zero-order valence-corrected chi connectivity index (χ0v) is 16.2. The number of carbonyl (C=O) groups excluding carboxylic acids is 2. The minimum atomic E-state index is -0.212. The summed E-state index contributed by atoms with van der Waals surface area (Å²) in [5.74, 6) is -0.149. The van der Waals surface area contributed by atoms with E-state index in [2.05, 4.69) is 16.4 Å². The zero-order valence-electron chi connectivity index (χ0n) is 15.4. The number of anilines is 2. The van der Waals surface area contributed by atoms with Crippen molar-refractivity contribution < 1.29 is 9.59 Å². The first-order chi connectivity index (χ1) is 13.6. The molecule has 6 heteroatoms. The van der Waals surface area contributed by atoms with Gasteiger partial charge in [-0.1, -0.05) is 36.4 Å². The van der Waals surface area contributed by atoms with E-state index in [0.29, 0.717) is 5.13 Å². The SMILES string of the molecule is CC(=O)N1CCc2cc(-c3csc(NC(=O)C=Cc4ccccc4)n3)ccc21. The molecule has 0 spiro atoms. The van der Waals surface area contributed by atoms with Gasteiger partial charge in [-0.25, -0.2) is 4.98 Å². The van der Waals surface area contributed by atoms with Crippen molar-refractivity contribution in [3.05, 3.63) is 71.1 Å². The van der Waals surface area contributed by atoms with Crippen molar-refractivity contribution in [2.24, 2.45) is 0 Å². The van der Waals surface area contributed by atoms with Crippen LogP contribution in [0.2, 0.25) is 0 Å². The van der Waals surface area contributed by atoms with Crippen molar-refractivity contribution in [3.63, 3.8) is 0 Å². The largest absolute Gasteiger partial charge is 0.312 e. The highest BCUT2D eigenvalue weighted by Gasteiger charge is 2.22. The van der Waals surface area contributed by atoms with E-state index in [-0.39, 0.29) is 11.8 Å². The Hall–Kier alpha value is -3.25. The highest BCUT2D eigenvalue weighted by molar-refractivity contribution is 7.14. The maximum Gasteiger partial charge on any atom is 0.250 e. The van der Waals surface area contributed by atoms with Crippen molar-refractivity contribution in [1.82, 2.24) is 4.98 Å². The average molecular weight is 389 g/mol. The van der Waals surface area contributed by atoms with Crippen molar-refractivity contribution in [2.45, 2.75) is 13.3 Å². The van der Waals surface area contributed by atoms with Crippen LogP contribution < -0.4 is 10.2 Å². The number of aromatic nitrogens is 1. The molecule has 1 N–H and O–H groups in total. The Bertz CT molecular complexity index is 1060. The van der Waals surface area contributed by atoms with Crippen LogP contribution in [0.4, 0.5) is 10.8 Å². The molecule has 1 aromatic heterocycles. The van der Waals surface area contributed by atoms with Gasteiger partial charge in [-0.2, -0.15) is 0 Å². The number of nitrogens with zero attached hydrogens (tertiary/aromatic N) is 2. The van der Waals surface area contributed by atoms with Crippen molar-refractivity contribution in [2.75, 3.05) is 16.8 Å². The minimum Gasteiger partial charge on any atom is -0.312 e. The van der Waals surface area contributed by atoms with Crippen LogP contribution in [0.15, 0.2) is 60.0 Å². The van der Waals surface area contributed by atoms with Crippen LogP contribution in [-0.2, 0) is 16.0 Å². The molecule has 1 aliphatic rings. The lowest BCUT2D eigenvalue weighted by Gasteiger charge is -2.14. The standard InChI is InChI=1S/C22H19N3O2S/c1-15(26)25-12-11-18-13-17(8-9-20(18)25)19-14-28-22(23-19)24-21(27)10-7-16-5-3-2-4-6-16/h2-10,13-14H,11-12H2,1H3,(H,23,24,27). The van der Waals surface area contributed by atoms with Gasteiger partial charge in [0.25, 0.3) is 0 Å². The number of carbonyl (C=O) groups is 2. The Labute approximate surface area is 167 Å². The number of thiazole rings is 1. The van der Waals surface area contributed by atoms with Gasteiger partial charge in [0.05, 0.1) is 5.69 Å². The molecule has 3 aromatic rings. The van der Waals surface area contributed by atoms with E-state index in [1.807, 2.05) is 47.8 Å². The Morgan fingerprint density at radius 3 is 2.79 bits per heavy atom. The van der Waals surface area contributed by atoms with Crippen LogP contribution in [0.1, 0.15) is 18.1 Å². The van der Waals surface area contributed by atoms with Crippen LogP contribution in [0.5, 0.6) is 0 Å². The Balaban J connectivity index is 1.45. The first-order valence-corrected chi connectivity index (χ1v) is 9.89. The summed E-state index contributed by atoms with van der Waals surface area (Å²) in [5.41, 5.74) is 4.90. The number of benzene rings is 2. The first-order valence-electron chi connectivity index (χ1n) is 9.01. The Kier molecular flexibility index (Phi) is 5.04. The fourth-order valence-electron chi connectivity index (χ4n) is 3.24. The highest BCUT2D eigenvalue weighted by atomic mass is 32.1. The zero-order chi connectivity index (χ0) is 19.5. The van der Waals surface area contributed by atoms with E-state index in [9.17, 15) is 9.59 Å². The van der Waals surface area contributed by atoms with Gasteiger partial charge in [0.2, 0.25) is 11.8 Å². The molecular weight excluding hydrogens is 370 g/mol. The van der Waals surface area contributed by atoms with E-state index in [1.54, 1.807) is 17.9 Å². The summed E-state index contributed by atoms with van der Waals surface area (Å²) in [4.78, 5) is 30.1. The molecule has 140 valence electrons. The molecule has 2 aromatic carbocycles. The maximum absolute atomic E-state index is 12.1. The van der Waals surface area contributed by atoms with Gasteiger partial charge in [0.15, 0.2) is 5.13 Å². The molecule has 5 nitrogen and oxygen atoms in total. The summed E-state index contributed by atoms with van der Waals surface area (Å²) in [6, 6.07) is 15.7. The van der Waals surface area contributed by atoms with Crippen LogP contribution in [0.3, 0.4) is 0 Å². The van der Waals surface area contributed by atoms with Gasteiger partial charge < -0.3 is 4.90 Å². The van der Waals surface area contributed by atoms with E-state index in [0.717, 1.165) is 41.0 Å². The van der Waals surface area contributed by atoms with Crippen molar-refractivity contribution >= 4 is 40.0 Å². The van der Waals surface area contributed by atoms with Gasteiger partial charge >= 0.3 is 0 Å². The second-order valence-electron chi connectivity index (χ2n) is 6.54. The summed E-state index contributed by atoms with van der Waals surface area (Å²) in [6.45, 7) is 2.31. The summed E-state index contributed by atoms with van der Waals surface area (Å²) in [7, 11) is 0. The number of fused-ring (bicyclic) bond motifs is 1. The van der Waals surface area contributed by atoms with Gasteiger partial charge in [-0.05, 0) is 35.8 Å². The van der Waals surface area contributed by atoms with Crippen molar-refractivity contribution in [3.8, 4) is 11.3 Å². The van der Waals surface area contributed by atoms with Crippen molar-refractivity contribution in [1.29, 1.82) is 0 Å². The second kappa shape index (κ2) is 7.78. The molecule has 0 aliphatic carbocycles. The molecule has 2 heterocycles. The van der Waals surface area contributed by atoms with Crippen LogP contribution in [0.25, 0.3) is 17.3 Å². The molecule has 0 fully saturated rings. The topological polar surface area (TPSA) is 62.3 Å². The highest BCUT2D eigenvalue weighted by Crippen LogP contribution is 2.33. The molecule has 0 saturated carbocycles. The van der Waals surface area contributed by atoms with Crippen LogP contribution in [0, 0.1) is 0 Å².